The summed E-state index contributed by atoms with van der Waals surface area (Å²) in [5, 5.41) is -0.578. The van der Waals surface area contributed by atoms with E-state index < -0.39 is 22.6 Å². The zero-order valence-corrected chi connectivity index (χ0v) is 10.8. The average Bonchev–Trinajstić information content (AvgIpc) is 1.84. The molecule has 0 fully saturated rings. The van der Waals surface area contributed by atoms with Gasteiger partial charge in [-0.2, -0.15) is 0 Å². The van der Waals surface area contributed by atoms with Gasteiger partial charge in [0.1, 0.15) is 0 Å². The summed E-state index contributed by atoms with van der Waals surface area (Å²) in [6.07, 6.45) is 0.780. The van der Waals surface area contributed by atoms with E-state index in [1.54, 1.807) is 0 Å². The van der Waals surface area contributed by atoms with Gasteiger partial charge >= 0.3 is 0 Å². The van der Waals surface area contributed by atoms with Gasteiger partial charge in [0.2, 0.25) is 9.04 Å². The van der Waals surface area contributed by atoms with Crippen LogP contribution < -0.4 is 11.5 Å². The summed E-state index contributed by atoms with van der Waals surface area (Å²) in [6, 6.07) is 0. The van der Waals surface area contributed by atoms with E-state index in [1.807, 2.05) is 13.5 Å². The maximum absolute atomic E-state index is 5.89. The van der Waals surface area contributed by atoms with Gasteiger partial charge in [0.25, 0.3) is 0 Å². The minimum Gasteiger partial charge on any atom is -0.454 e. The van der Waals surface area contributed by atoms with Gasteiger partial charge in [-0.1, -0.05) is 6.92 Å². The third-order valence-electron chi connectivity index (χ3n) is 1.70. The fraction of sp³-hybridized carbons (Fsp3) is 1.00. The normalized spacial score (nSPS) is 14.0. The van der Waals surface area contributed by atoms with Crippen molar-refractivity contribution in [2.45, 2.75) is 44.8 Å². The Morgan fingerprint density at radius 2 is 1.75 bits per heavy atom. The summed E-state index contributed by atoms with van der Waals surface area (Å²) < 4.78 is 5.88. The minimum atomic E-state index is -1.46. The molecule has 0 saturated carbocycles. The van der Waals surface area contributed by atoms with Crippen LogP contribution in [0.2, 0.25) is 26.2 Å². The van der Waals surface area contributed by atoms with Gasteiger partial charge in [-0.05, 0) is 32.6 Å². The van der Waals surface area contributed by atoms with Crippen molar-refractivity contribution < 1.29 is 4.12 Å². The maximum atomic E-state index is 5.89. The Morgan fingerprint density at radius 3 is 2.00 bits per heavy atom. The van der Waals surface area contributed by atoms with Crippen molar-refractivity contribution in [2.75, 3.05) is 0 Å². The molecular formula is C7H21N2OSi2. The molecule has 0 aliphatic heterocycles. The van der Waals surface area contributed by atoms with Gasteiger partial charge in [0.05, 0.1) is 5.29 Å². The first-order valence-electron chi connectivity index (χ1n) is 4.30. The van der Waals surface area contributed by atoms with Crippen LogP contribution in [0.5, 0.6) is 0 Å². The molecule has 0 aliphatic rings. The van der Waals surface area contributed by atoms with Crippen molar-refractivity contribution in [3.63, 3.8) is 0 Å². The van der Waals surface area contributed by atoms with Crippen LogP contribution in [0, 0.1) is 0 Å². The zero-order valence-electron chi connectivity index (χ0n) is 8.77. The smallest absolute Gasteiger partial charge is 0.232 e. The zero-order chi connectivity index (χ0) is 9.99. The molecule has 4 N–H and O–H groups in total. The highest BCUT2D eigenvalue weighted by Crippen LogP contribution is 2.11. The van der Waals surface area contributed by atoms with E-state index in [0.29, 0.717) is 0 Å². The molecule has 0 aromatic carbocycles. The second-order valence-electron chi connectivity index (χ2n) is 4.16. The van der Waals surface area contributed by atoms with E-state index in [1.165, 1.54) is 0 Å². The Balaban J connectivity index is 4.13. The SMILES string of the molecule is CCC(N)(N)[Si](C)O[Si](C)(C)C. The molecule has 0 heterocycles. The van der Waals surface area contributed by atoms with Crippen molar-refractivity contribution in [3.8, 4) is 0 Å². The molecule has 0 spiro atoms. The third-order valence-corrected chi connectivity index (χ3v) is 7.04. The molecule has 0 aliphatic carbocycles. The Labute approximate surface area is 78.3 Å². The number of hydrogen-bond acceptors (Lipinski definition) is 3. The monoisotopic (exact) mass is 205 g/mol. The lowest BCUT2D eigenvalue weighted by Crippen LogP contribution is -2.63. The highest BCUT2D eigenvalue weighted by Gasteiger charge is 2.32. The fourth-order valence-electron chi connectivity index (χ4n) is 0.803. The molecule has 0 rings (SSSR count). The van der Waals surface area contributed by atoms with Gasteiger partial charge in [0, 0.05) is 0 Å². The summed E-state index contributed by atoms with van der Waals surface area (Å²) in [5.74, 6) is 0. The summed E-state index contributed by atoms with van der Waals surface area (Å²) in [6.45, 7) is 10.5. The summed E-state index contributed by atoms with van der Waals surface area (Å²) in [5.41, 5.74) is 11.8. The molecule has 1 radical (unpaired) electrons. The number of rotatable bonds is 4. The Morgan fingerprint density at radius 1 is 1.33 bits per heavy atom. The van der Waals surface area contributed by atoms with E-state index in [4.69, 9.17) is 15.6 Å². The molecule has 5 heteroatoms. The molecular weight excluding hydrogens is 184 g/mol. The molecule has 0 saturated heterocycles. The lowest BCUT2D eigenvalue weighted by Gasteiger charge is -2.32. The fourth-order valence-corrected chi connectivity index (χ4v) is 5.74. The molecule has 3 nitrogen and oxygen atoms in total. The first-order chi connectivity index (χ1) is 5.19. The molecule has 0 atom stereocenters. The van der Waals surface area contributed by atoms with Crippen LogP contribution >= 0.6 is 0 Å². The Hall–Kier alpha value is 0.314. The van der Waals surface area contributed by atoms with Crippen LogP contribution in [0.15, 0.2) is 0 Å². The standard InChI is InChI=1S/C7H21N2OSi2/c1-6-7(8,9)11(2)10-12(3,4)5/h6,8-9H2,1-5H3. The highest BCUT2D eigenvalue weighted by atomic mass is 28.4. The largest absolute Gasteiger partial charge is 0.454 e. The first kappa shape index (κ1) is 12.3. The van der Waals surface area contributed by atoms with Crippen LogP contribution in [0.1, 0.15) is 13.3 Å². The number of nitrogens with two attached hydrogens (primary N) is 2. The van der Waals surface area contributed by atoms with Gasteiger partial charge in [-0.3, -0.25) is 0 Å². The van der Waals surface area contributed by atoms with Gasteiger partial charge in [-0.15, -0.1) is 0 Å². The van der Waals surface area contributed by atoms with Crippen molar-refractivity contribution >= 4 is 17.4 Å². The topological polar surface area (TPSA) is 61.3 Å². The molecule has 0 bridgehead atoms. The van der Waals surface area contributed by atoms with E-state index >= 15 is 0 Å². The van der Waals surface area contributed by atoms with Crippen molar-refractivity contribution in [3.05, 3.63) is 0 Å². The van der Waals surface area contributed by atoms with Crippen LogP contribution in [0.3, 0.4) is 0 Å². The van der Waals surface area contributed by atoms with Crippen LogP contribution in [0.25, 0.3) is 0 Å². The second kappa shape index (κ2) is 4.01. The average molecular weight is 205 g/mol. The predicted octanol–water partition coefficient (Wildman–Crippen LogP) is 1.02. The third kappa shape index (κ3) is 4.37. The highest BCUT2D eigenvalue weighted by molar-refractivity contribution is 6.77. The Bertz CT molecular complexity index is 145. The molecule has 0 aromatic heterocycles. The maximum Gasteiger partial charge on any atom is 0.232 e. The summed E-state index contributed by atoms with van der Waals surface area (Å²) in [4.78, 5) is 0. The lowest BCUT2D eigenvalue weighted by molar-refractivity contribution is 0.473. The van der Waals surface area contributed by atoms with Gasteiger partial charge < -0.3 is 15.6 Å². The van der Waals surface area contributed by atoms with E-state index in [9.17, 15) is 0 Å². The number of hydrogen-bond donors (Lipinski definition) is 2. The van der Waals surface area contributed by atoms with Crippen molar-refractivity contribution in [2.24, 2.45) is 11.5 Å². The van der Waals surface area contributed by atoms with Crippen LogP contribution in [-0.2, 0) is 4.12 Å². The van der Waals surface area contributed by atoms with E-state index in [0.717, 1.165) is 6.42 Å². The summed E-state index contributed by atoms with van der Waals surface area (Å²) >= 11 is 0. The van der Waals surface area contributed by atoms with Gasteiger partial charge in [0.15, 0.2) is 8.32 Å². The molecule has 0 aromatic rings. The Kier molecular flexibility index (Phi) is 4.12. The summed E-state index contributed by atoms with van der Waals surface area (Å²) in [7, 11) is -2.52. The lowest BCUT2D eigenvalue weighted by atomic mass is 10.4. The molecule has 73 valence electrons. The van der Waals surface area contributed by atoms with E-state index in [-0.39, 0.29) is 0 Å². The van der Waals surface area contributed by atoms with Crippen LogP contribution in [-0.4, -0.2) is 22.6 Å². The van der Waals surface area contributed by atoms with Crippen molar-refractivity contribution in [1.82, 2.24) is 0 Å². The molecule has 12 heavy (non-hydrogen) atoms. The van der Waals surface area contributed by atoms with Crippen molar-refractivity contribution in [1.29, 1.82) is 0 Å². The van der Waals surface area contributed by atoms with Gasteiger partial charge in [-0.25, -0.2) is 0 Å². The predicted molar refractivity (Wildman–Crippen MR) is 57.4 cm³/mol. The van der Waals surface area contributed by atoms with E-state index in [2.05, 4.69) is 19.6 Å². The first-order valence-corrected chi connectivity index (χ1v) is 9.61. The molecule has 0 amide bonds. The quantitative estimate of drug-likeness (QED) is 0.532. The molecule has 0 unspecified atom stereocenters. The van der Waals surface area contributed by atoms with Crippen LogP contribution in [0.4, 0.5) is 0 Å². The second-order valence-corrected chi connectivity index (χ2v) is 11.2. The minimum absolute atomic E-state index is 0.578.